The van der Waals surface area contributed by atoms with Crippen LogP contribution in [0.15, 0.2) is 12.5 Å². The largest absolute Gasteiger partial charge is 0.394 e. The van der Waals surface area contributed by atoms with Gasteiger partial charge >= 0.3 is 0 Å². The second-order valence-electron chi connectivity index (χ2n) is 3.77. The van der Waals surface area contributed by atoms with Crippen LogP contribution in [0, 0.1) is 0 Å². The van der Waals surface area contributed by atoms with E-state index in [9.17, 15) is 0 Å². The monoisotopic (exact) mass is 240 g/mol. The highest BCUT2D eigenvalue weighted by atomic mass is 32.2. The van der Waals surface area contributed by atoms with Crippen LogP contribution in [-0.4, -0.2) is 27.5 Å². The van der Waals surface area contributed by atoms with Gasteiger partial charge < -0.3 is 11.1 Å². The minimum Gasteiger partial charge on any atom is -0.394 e. The summed E-state index contributed by atoms with van der Waals surface area (Å²) in [7, 11) is 0. The van der Waals surface area contributed by atoms with Crippen LogP contribution in [0.4, 0.5) is 11.5 Å². The highest BCUT2D eigenvalue weighted by Crippen LogP contribution is 2.30. The SMILES string of the molecule is CCC(CC)(CNc1ncncc1N)SC. The third-order valence-corrected chi connectivity index (χ3v) is 4.63. The van der Waals surface area contributed by atoms with Gasteiger partial charge in [0, 0.05) is 11.3 Å². The lowest BCUT2D eigenvalue weighted by atomic mass is 10.0. The Balaban J connectivity index is 2.66. The molecule has 1 aromatic rings. The molecule has 3 N–H and O–H groups in total. The molecule has 0 unspecified atom stereocenters. The van der Waals surface area contributed by atoms with Gasteiger partial charge in [-0.05, 0) is 19.1 Å². The molecule has 1 rings (SSSR count). The van der Waals surface area contributed by atoms with Gasteiger partial charge in [0.2, 0.25) is 0 Å². The van der Waals surface area contributed by atoms with Crippen LogP contribution in [0.5, 0.6) is 0 Å². The predicted molar refractivity (Wildman–Crippen MR) is 71.8 cm³/mol. The average Bonchev–Trinajstić information content (AvgIpc) is 2.34. The second kappa shape index (κ2) is 5.94. The number of hydrogen-bond acceptors (Lipinski definition) is 5. The van der Waals surface area contributed by atoms with E-state index >= 15 is 0 Å². The summed E-state index contributed by atoms with van der Waals surface area (Å²) in [5.41, 5.74) is 6.38. The molecule has 0 radical (unpaired) electrons. The molecule has 1 heterocycles. The van der Waals surface area contributed by atoms with Crippen LogP contribution in [0.3, 0.4) is 0 Å². The first-order valence-corrected chi connectivity index (χ1v) is 6.74. The molecule has 1 aromatic heterocycles. The maximum absolute atomic E-state index is 5.78. The Morgan fingerprint density at radius 2 is 2.12 bits per heavy atom. The highest BCUT2D eigenvalue weighted by Gasteiger charge is 2.24. The lowest BCUT2D eigenvalue weighted by molar-refractivity contribution is 0.574. The maximum Gasteiger partial charge on any atom is 0.152 e. The van der Waals surface area contributed by atoms with Gasteiger partial charge in [-0.25, -0.2) is 9.97 Å². The fraction of sp³-hybridized carbons (Fsp3) is 0.636. The Morgan fingerprint density at radius 3 is 2.62 bits per heavy atom. The van der Waals surface area contributed by atoms with E-state index in [0.717, 1.165) is 25.2 Å². The number of hydrogen-bond donors (Lipinski definition) is 2. The minimum atomic E-state index is 0.261. The van der Waals surface area contributed by atoms with Crippen molar-refractivity contribution in [1.29, 1.82) is 0 Å². The van der Waals surface area contributed by atoms with Crippen molar-refractivity contribution in [3.8, 4) is 0 Å². The maximum atomic E-state index is 5.78. The Kier molecular flexibility index (Phi) is 4.86. The average molecular weight is 240 g/mol. The summed E-state index contributed by atoms with van der Waals surface area (Å²) in [5, 5.41) is 3.31. The Hall–Kier alpha value is -0.970. The van der Waals surface area contributed by atoms with E-state index in [2.05, 4.69) is 35.4 Å². The van der Waals surface area contributed by atoms with Crippen LogP contribution in [0.1, 0.15) is 26.7 Å². The van der Waals surface area contributed by atoms with Crippen LogP contribution in [0.25, 0.3) is 0 Å². The van der Waals surface area contributed by atoms with E-state index in [1.807, 2.05) is 11.8 Å². The fourth-order valence-corrected chi connectivity index (χ4v) is 2.39. The molecule has 5 heteroatoms. The summed E-state index contributed by atoms with van der Waals surface area (Å²) in [5.74, 6) is 0.732. The van der Waals surface area contributed by atoms with Crippen molar-refractivity contribution in [1.82, 2.24) is 9.97 Å². The Bertz CT molecular complexity index is 317. The zero-order valence-electron chi connectivity index (χ0n) is 10.2. The zero-order chi connectivity index (χ0) is 12.0. The first-order valence-electron chi connectivity index (χ1n) is 5.52. The number of aromatic nitrogens is 2. The van der Waals surface area contributed by atoms with Crippen molar-refractivity contribution in [2.45, 2.75) is 31.4 Å². The van der Waals surface area contributed by atoms with E-state index in [4.69, 9.17) is 5.73 Å². The third kappa shape index (κ3) is 3.01. The lowest BCUT2D eigenvalue weighted by Gasteiger charge is -2.30. The zero-order valence-corrected chi connectivity index (χ0v) is 11.0. The summed E-state index contributed by atoms with van der Waals surface area (Å²) in [6.45, 7) is 5.30. The Morgan fingerprint density at radius 1 is 1.44 bits per heavy atom. The normalized spacial score (nSPS) is 11.4. The lowest BCUT2D eigenvalue weighted by Crippen LogP contribution is -2.32. The molecular formula is C11H20N4S. The van der Waals surface area contributed by atoms with Gasteiger partial charge in [-0.1, -0.05) is 13.8 Å². The standard InChI is InChI=1S/C11H20N4S/c1-4-11(5-2,16-3)7-14-10-9(12)6-13-8-15-10/h6,8H,4-5,7,12H2,1-3H3,(H,13,14,15). The summed E-state index contributed by atoms with van der Waals surface area (Å²) in [4.78, 5) is 8.00. The molecule has 16 heavy (non-hydrogen) atoms. The first kappa shape index (κ1) is 13.1. The molecule has 0 saturated carbocycles. The summed E-state index contributed by atoms with van der Waals surface area (Å²) in [6, 6.07) is 0. The number of anilines is 2. The smallest absolute Gasteiger partial charge is 0.152 e. The van der Waals surface area contributed by atoms with Crippen LogP contribution >= 0.6 is 11.8 Å². The molecule has 0 saturated heterocycles. The van der Waals surface area contributed by atoms with Crippen molar-refractivity contribution in [3.63, 3.8) is 0 Å². The highest BCUT2D eigenvalue weighted by molar-refractivity contribution is 8.00. The van der Waals surface area contributed by atoms with E-state index in [0.29, 0.717) is 5.69 Å². The molecule has 0 aromatic carbocycles. The van der Waals surface area contributed by atoms with Gasteiger partial charge in [0.05, 0.1) is 11.9 Å². The number of nitrogens with zero attached hydrogens (tertiary/aromatic N) is 2. The molecule has 0 fully saturated rings. The molecule has 0 atom stereocenters. The number of nitrogens with one attached hydrogen (secondary N) is 1. The van der Waals surface area contributed by atoms with Crippen LogP contribution in [0.2, 0.25) is 0 Å². The van der Waals surface area contributed by atoms with Crippen molar-refractivity contribution < 1.29 is 0 Å². The molecule has 0 aliphatic heterocycles. The molecular weight excluding hydrogens is 220 g/mol. The van der Waals surface area contributed by atoms with Gasteiger partial charge in [0.1, 0.15) is 6.33 Å². The molecule has 90 valence electrons. The van der Waals surface area contributed by atoms with Crippen LogP contribution < -0.4 is 11.1 Å². The van der Waals surface area contributed by atoms with Gasteiger partial charge in [-0.2, -0.15) is 11.8 Å². The molecule has 0 spiro atoms. The summed E-state index contributed by atoms with van der Waals surface area (Å²) >= 11 is 1.90. The fourth-order valence-electron chi connectivity index (χ4n) is 1.59. The summed E-state index contributed by atoms with van der Waals surface area (Å²) < 4.78 is 0.261. The molecule has 4 nitrogen and oxygen atoms in total. The first-order chi connectivity index (χ1) is 7.67. The minimum absolute atomic E-state index is 0.261. The topological polar surface area (TPSA) is 63.8 Å². The van der Waals surface area contributed by atoms with Crippen LogP contribution in [-0.2, 0) is 0 Å². The molecule has 0 aliphatic rings. The van der Waals surface area contributed by atoms with Gasteiger partial charge in [0.15, 0.2) is 5.82 Å². The number of nitrogens with two attached hydrogens (primary N) is 1. The molecule has 0 aliphatic carbocycles. The van der Waals surface area contributed by atoms with Gasteiger partial charge in [0.25, 0.3) is 0 Å². The van der Waals surface area contributed by atoms with E-state index in [1.165, 1.54) is 6.33 Å². The van der Waals surface area contributed by atoms with E-state index in [1.54, 1.807) is 6.20 Å². The third-order valence-electron chi connectivity index (χ3n) is 3.04. The van der Waals surface area contributed by atoms with Crippen molar-refractivity contribution in [2.24, 2.45) is 0 Å². The number of rotatable bonds is 6. The predicted octanol–water partition coefficient (Wildman–Crippen LogP) is 2.39. The van der Waals surface area contributed by atoms with Gasteiger partial charge in [-0.3, -0.25) is 0 Å². The molecule has 0 amide bonds. The second-order valence-corrected chi connectivity index (χ2v) is 5.05. The van der Waals surface area contributed by atoms with E-state index in [-0.39, 0.29) is 4.75 Å². The quantitative estimate of drug-likeness (QED) is 0.799. The molecule has 0 bridgehead atoms. The van der Waals surface area contributed by atoms with Crippen molar-refractivity contribution >= 4 is 23.3 Å². The van der Waals surface area contributed by atoms with Crippen molar-refractivity contribution in [2.75, 3.05) is 23.9 Å². The Labute approximate surface area is 101 Å². The number of nitrogen functional groups attached to an aromatic ring is 1. The van der Waals surface area contributed by atoms with E-state index < -0.39 is 0 Å². The van der Waals surface area contributed by atoms with Gasteiger partial charge in [-0.15, -0.1) is 0 Å². The van der Waals surface area contributed by atoms with Crippen molar-refractivity contribution in [3.05, 3.63) is 12.5 Å². The summed E-state index contributed by atoms with van der Waals surface area (Å²) in [6.07, 6.45) is 7.54. The number of thioether (sulfide) groups is 1.